The predicted octanol–water partition coefficient (Wildman–Crippen LogP) is 11.1. The summed E-state index contributed by atoms with van der Waals surface area (Å²) in [7, 11) is 0. The first-order chi connectivity index (χ1) is 19.8. The molecule has 2 aromatic heterocycles. The molecule has 0 saturated heterocycles. The summed E-state index contributed by atoms with van der Waals surface area (Å²) in [5.74, 6) is 0. The number of fused-ring (bicyclic) bond motifs is 7. The van der Waals surface area contributed by atoms with Crippen LogP contribution in [0.1, 0.15) is 0 Å². The van der Waals surface area contributed by atoms with E-state index in [1.54, 1.807) is 6.26 Å². The molecule has 0 spiro atoms. The van der Waals surface area contributed by atoms with Gasteiger partial charge in [0.15, 0.2) is 0 Å². The van der Waals surface area contributed by atoms with E-state index in [1.165, 1.54) is 54.6 Å². The van der Waals surface area contributed by atoms with Crippen LogP contribution >= 0.6 is 0 Å². The van der Waals surface area contributed by atoms with Crippen molar-refractivity contribution in [2.45, 2.75) is 0 Å². The fraction of sp³-hybridized carbons (Fsp3) is 0. The molecular weight excluding hydrogens is 488 g/mol. The van der Waals surface area contributed by atoms with Crippen molar-refractivity contribution >= 4 is 65.2 Å². The monoisotopic (exact) mass is 510 g/mol. The SMILES string of the molecule is c1ccc2c(-c3c4ccccc4c(-c4ccc5oc6cc7occc7cc6c5c4)c4ccccc34)cccc2c1. The van der Waals surface area contributed by atoms with Gasteiger partial charge in [-0.2, -0.15) is 0 Å². The lowest BCUT2D eigenvalue weighted by Crippen LogP contribution is -1.91. The zero-order chi connectivity index (χ0) is 26.2. The zero-order valence-corrected chi connectivity index (χ0v) is 21.5. The van der Waals surface area contributed by atoms with E-state index in [2.05, 4.69) is 115 Å². The third kappa shape index (κ3) is 2.99. The average Bonchev–Trinajstić information content (AvgIpc) is 3.61. The molecule has 0 unspecified atom stereocenters. The van der Waals surface area contributed by atoms with Crippen LogP contribution in [0.25, 0.3) is 87.5 Å². The van der Waals surface area contributed by atoms with Crippen LogP contribution in [0.2, 0.25) is 0 Å². The minimum Gasteiger partial charge on any atom is -0.464 e. The van der Waals surface area contributed by atoms with Crippen LogP contribution in [0.4, 0.5) is 0 Å². The lowest BCUT2D eigenvalue weighted by molar-refractivity contribution is 0.613. The van der Waals surface area contributed by atoms with E-state index in [0.29, 0.717) is 0 Å². The molecule has 0 aliphatic carbocycles. The van der Waals surface area contributed by atoms with Crippen molar-refractivity contribution in [2.75, 3.05) is 0 Å². The largest absolute Gasteiger partial charge is 0.464 e. The van der Waals surface area contributed by atoms with Gasteiger partial charge in [0.1, 0.15) is 16.7 Å². The van der Waals surface area contributed by atoms with Crippen molar-refractivity contribution in [3.8, 4) is 22.3 Å². The summed E-state index contributed by atoms with van der Waals surface area (Å²) in [6.07, 6.45) is 1.73. The summed E-state index contributed by atoms with van der Waals surface area (Å²) in [5, 5.41) is 10.8. The summed E-state index contributed by atoms with van der Waals surface area (Å²) < 4.78 is 11.9. The van der Waals surface area contributed by atoms with Gasteiger partial charge in [0, 0.05) is 22.2 Å². The van der Waals surface area contributed by atoms with Gasteiger partial charge in [0.05, 0.1) is 6.26 Å². The molecule has 0 saturated carbocycles. The van der Waals surface area contributed by atoms with Crippen molar-refractivity contribution in [2.24, 2.45) is 0 Å². The molecule has 0 aliphatic heterocycles. The molecule has 0 atom stereocenters. The van der Waals surface area contributed by atoms with E-state index in [4.69, 9.17) is 8.83 Å². The Morgan fingerprint density at radius 2 is 1.02 bits per heavy atom. The first-order valence-corrected chi connectivity index (χ1v) is 13.6. The highest BCUT2D eigenvalue weighted by Gasteiger charge is 2.19. The summed E-state index contributed by atoms with van der Waals surface area (Å²) in [5.41, 5.74) is 7.53. The second-order valence-electron chi connectivity index (χ2n) is 10.5. The fourth-order valence-electron chi connectivity index (χ4n) is 6.56. The van der Waals surface area contributed by atoms with Crippen molar-refractivity contribution in [3.05, 3.63) is 134 Å². The maximum absolute atomic E-state index is 6.25. The number of hydrogen-bond acceptors (Lipinski definition) is 2. The molecule has 40 heavy (non-hydrogen) atoms. The molecule has 0 radical (unpaired) electrons. The van der Waals surface area contributed by atoms with Crippen LogP contribution in [-0.4, -0.2) is 0 Å². The summed E-state index contributed by atoms with van der Waals surface area (Å²) in [6, 6.07) is 45.7. The molecule has 2 heterocycles. The first kappa shape index (κ1) is 21.6. The van der Waals surface area contributed by atoms with Gasteiger partial charge in [-0.05, 0) is 78.8 Å². The van der Waals surface area contributed by atoms with Crippen LogP contribution in [-0.2, 0) is 0 Å². The third-order valence-electron chi connectivity index (χ3n) is 8.32. The highest BCUT2D eigenvalue weighted by molar-refractivity contribution is 6.24. The molecule has 186 valence electrons. The van der Waals surface area contributed by atoms with E-state index in [0.717, 1.165) is 32.9 Å². The van der Waals surface area contributed by atoms with E-state index < -0.39 is 0 Å². The molecule has 0 bridgehead atoms. The Balaban J connectivity index is 1.40. The van der Waals surface area contributed by atoms with Crippen LogP contribution in [0.15, 0.2) is 142 Å². The molecule has 2 heteroatoms. The third-order valence-corrected chi connectivity index (χ3v) is 8.32. The van der Waals surface area contributed by atoms with Gasteiger partial charge in [0.25, 0.3) is 0 Å². The molecule has 7 aromatic carbocycles. The molecule has 0 amide bonds. The molecular formula is C38H22O2. The second-order valence-corrected chi connectivity index (χ2v) is 10.5. The normalized spacial score (nSPS) is 12.0. The van der Waals surface area contributed by atoms with Crippen LogP contribution in [0.5, 0.6) is 0 Å². The maximum Gasteiger partial charge on any atom is 0.139 e. The topological polar surface area (TPSA) is 26.3 Å². The summed E-state index contributed by atoms with van der Waals surface area (Å²) >= 11 is 0. The number of benzene rings is 7. The van der Waals surface area contributed by atoms with E-state index >= 15 is 0 Å². The van der Waals surface area contributed by atoms with Crippen LogP contribution in [0.3, 0.4) is 0 Å². The highest BCUT2D eigenvalue weighted by Crippen LogP contribution is 2.46. The first-order valence-electron chi connectivity index (χ1n) is 13.6. The van der Waals surface area contributed by atoms with E-state index in [1.807, 2.05) is 12.1 Å². The Morgan fingerprint density at radius 1 is 0.375 bits per heavy atom. The lowest BCUT2D eigenvalue weighted by atomic mass is 9.84. The minimum absolute atomic E-state index is 0.841. The smallest absolute Gasteiger partial charge is 0.139 e. The molecule has 9 aromatic rings. The molecule has 0 N–H and O–H groups in total. The molecule has 9 rings (SSSR count). The van der Waals surface area contributed by atoms with Crippen LogP contribution in [0, 0.1) is 0 Å². The van der Waals surface area contributed by atoms with Crippen LogP contribution < -0.4 is 0 Å². The molecule has 2 nitrogen and oxygen atoms in total. The molecule has 0 fully saturated rings. The Hall–Kier alpha value is -5.34. The summed E-state index contributed by atoms with van der Waals surface area (Å²) in [4.78, 5) is 0. The number of hydrogen-bond donors (Lipinski definition) is 0. The lowest BCUT2D eigenvalue weighted by Gasteiger charge is -2.18. The van der Waals surface area contributed by atoms with Crippen molar-refractivity contribution < 1.29 is 8.83 Å². The fourth-order valence-corrected chi connectivity index (χ4v) is 6.56. The number of furan rings is 2. The van der Waals surface area contributed by atoms with Gasteiger partial charge in [-0.25, -0.2) is 0 Å². The highest BCUT2D eigenvalue weighted by atomic mass is 16.3. The Labute approximate surface area is 229 Å². The molecule has 0 aliphatic rings. The summed E-state index contributed by atoms with van der Waals surface area (Å²) in [6.45, 7) is 0. The van der Waals surface area contributed by atoms with E-state index in [-0.39, 0.29) is 0 Å². The maximum atomic E-state index is 6.25. The van der Waals surface area contributed by atoms with Gasteiger partial charge in [-0.15, -0.1) is 0 Å². The van der Waals surface area contributed by atoms with Crippen molar-refractivity contribution in [1.82, 2.24) is 0 Å². The minimum atomic E-state index is 0.841. The van der Waals surface area contributed by atoms with Gasteiger partial charge in [-0.1, -0.05) is 97.1 Å². The predicted molar refractivity (Wildman–Crippen MR) is 167 cm³/mol. The quantitative estimate of drug-likeness (QED) is 0.216. The van der Waals surface area contributed by atoms with Crippen molar-refractivity contribution in [1.29, 1.82) is 0 Å². The van der Waals surface area contributed by atoms with Gasteiger partial charge in [0.2, 0.25) is 0 Å². The van der Waals surface area contributed by atoms with Gasteiger partial charge >= 0.3 is 0 Å². The van der Waals surface area contributed by atoms with Gasteiger partial charge in [-0.3, -0.25) is 0 Å². The Bertz CT molecular complexity index is 2370. The van der Waals surface area contributed by atoms with E-state index in [9.17, 15) is 0 Å². The van der Waals surface area contributed by atoms with Crippen molar-refractivity contribution in [3.63, 3.8) is 0 Å². The van der Waals surface area contributed by atoms with Gasteiger partial charge < -0.3 is 8.83 Å². The zero-order valence-electron chi connectivity index (χ0n) is 21.5. The average molecular weight is 511 g/mol. The standard InChI is InChI=1S/C38H22O2/c1-2-10-26-23(8-1)9-7-15-27(26)38-30-13-5-3-11-28(30)37(29-12-4-6-14-31(29)38)25-16-17-34-32(21-25)33-20-24-18-19-39-35(24)22-36(33)40-34/h1-22H. The Morgan fingerprint density at radius 3 is 1.80 bits per heavy atom. The Kier molecular flexibility index (Phi) is 4.36. The number of rotatable bonds is 2. The second kappa shape index (κ2) is 8.08.